The monoisotopic (exact) mass is 262 g/mol. The lowest BCUT2D eigenvalue weighted by Crippen LogP contribution is -2.31. The highest BCUT2D eigenvalue weighted by Crippen LogP contribution is 2.24. The van der Waals surface area contributed by atoms with Gasteiger partial charge in [0.1, 0.15) is 0 Å². The predicted octanol–water partition coefficient (Wildman–Crippen LogP) is 1.70. The smallest absolute Gasteiger partial charge is 0.406 e. The summed E-state index contributed by atoms with van der Waals surface area (Å²) in [5, 5.41) is 2.64. The zero-order chi connectivity index (χ0) is 13.8. The molecule has 0 radical (unpaired) electrons. The van der Waals surface area contributed by atoms with Crippen LogP contribution in [0.1, 0.15) is 12.0 Å². The van der Waals surface area contributed by atoms with E-state index in [0.717, 1.165) is 5.69 Å². The van der Waals surface area contributed by atoms with Crippen LogP contribution in [0.4, 0.5) is 10.5 Å². The van der Waals surface area contributed by atoms with Gasteiger partial charge in [0.05, 0.1) is 7.11 Å². The number of ether oxygens (including phenoxy) is 1. The van der Waals surface area contributed by atoms with E-state index in [1.165, 1.54) is 12.7 Å². The van der Waals surface area contributed by atoms with Gasteiger partial charge in [-0.1, -0.05) is 17.7 Å². The number of carbonyl (C=O) groups is 2. The number of nitrogens with one attached hydrogen (secondary N) is 1. The summed E-state index contributed by atoms with van der Waals surface area (Å²) >= 11 is 0. The second-order valence-corrected chi connectivity index (χ2v) is 4.78. The molecule has 0 unspecified atom stereocenters. The van der Waals surface area contributed by atoms with Gasteiger partial charge in [0.25, 0.3) is 0 Å². The second-order valence-electron chi connectivity index (χ2n) is 4.78. The summed E-state index contributed by atoms with van der Waals surface area (Å²) in [6.07, 6.45) is -0.000969. The van der Waals surface area contributed by atoms with Crippen LogP contribution < -0.4 is 10.2 Å². The van der Waals surface area contributed by atoms with E-state index in [2.05, 4.69) is 10.1 Å². The zero-order valence-corrected chi connectivity index (χ0v) is 11.2. The maximum atomic E-state index is 12.0. The molecule has 1 heterocycles. The summed E-state index contributed by atoms with van der Waals surface area (Å²) in [7, 11) is 1.33. The van der Waals surface area contributed by atoms with Gasteiger partial charge in [0.2, 0.25) is 5.91 Å². The third-order valence-corrected chi connectivity index (χ3v) is 3.27. The van der Waals surface area contributed by atoms with E-state index < -0.39 is 6.09 Å². The number of nitrogens with zero attached hydrogens (tertiary/aromatic N) is 1. The first-order chi connectivity index (χ1) is 9.10. The summed E-state index contributed by atoms with van der Waals surface area (Å²) in [5.41, 5.74) is 2.08. The molecule has 1 atom stereocenters. The van der Waals surface area contributed by atoms with Crippen molar-refractivity contribution in [1.82, 2.24) is 5.32 Å². The van der Waals surface area contributed by atoms with Crippen molar-refractivity contribution in [3.05, 3.63) is 29.8 Å². The van der Waals surface area contributed by atoms with Gasteiger partial charge >= 0.3 is 6.09 Å². The zero-order valence-electron chi connectivity index (χ0n) is 11.2. The maximum absolute atomic E-state index is 12.0. The number of rotatable bonds is 3. The van der Waals surface area contributed by atoms with Crippen LogP contribution in [0, 0.1) is 12.8 Å². The van der Waals surface area contributed by atoms with Gasteiger partial charge < -0.3 is 15.0 Å². The van der Waals surface area contributed by atoms with Crippen LogP contribution in [0.5, 0.6) is 0 Å². The Balaban J connectivity index is 1.96. The predicted molar refractivity (Wildman–Crippen MR) is 72.0 cm³/mol. The molecule has 2 rings (SSSR count). The minimum Gasteiger partial charge on any atom is -0.453 e. The van der Waals surface area contributed by atoms with E-state index in [9.17, 15) is 9.59 Å². The molecule has 1 saturated heterocycles. The lowest BCUT2D eigenvalue weighted by molar-refractivity contribution is -0.117. The molecule has 2 amide bonds. The average molecular weight is 262 g/mol. The van der Waals surface area contributed by atoms with E-state index in [0.29, 0.717) is 19.5 Å². The van der Waals surface area contributed by atoms with Crippen LogP contribution in [0.3, 0.4) is 0 Å². The fraction of sp³-hybridized carbons (Fsp3) is 0.429. The fourth-order valence-electron chi connectivity index (χ4n) is 2.19. The van der Waals surface area contributed by atoms with Gasteiger partial charge in [-0.05, 0) is 19.1 Å². The average Bonchev–Trinajstić information content (AvgIpc) is 2.78. The van der Waals surface area contributed by atoms with Crippen molar-refractivity contribution in [3.8, 4) is 0 Å². The molecule has 0 saturated carbocycles. The molecule has 1 aliphatic heterocycles. The standard InChI is InChI=1S/C14H18N2O3/c1-10-3-5-12(6-4-10)16-9-11(7-13(16)17)8-15-14(18)19-2/h3-6,11H,7-9H2,1-2H3,(H,15,18)/t11-/m1/s1. The van der Waals surface area contributed by atoms with Gasteiger partial charge in [-0.15, -0.1) is 0 Å². The van der Waals surface area contributed by atoms with Gasteiger partial charge in [0, 0.05) is 31.1 Å². The molecule has 0 aromatic heterocycles. The number of hydrogen-bond acceptors (Lipinski definition) is 3. The molecule has 5 nitrogen and oxygen atoms in total. The van der Waals surface area contributed by atoms with Crippen LogP contribution in [0.2, 0.25) is 0 Å². The molecule has 1 aromatic carbocycles. The molecule has 102 valence electrons. The summed E-state index contributed by atoms with van der Waals surface area (Å²) < 4.78 is 4.51. The van der Waals surface area contributed by atoms with E-state index in [1.54, 1.807) is 4.90 Å². The van der Waals surface area contributed by atoms with Crippen LogP contribution in [0.25, 0.3) is 0 Å². The number of alkyl carbamates (subject to hydrolysis) is 1. The third kappa shape index (κ3) is 3.24. The van der Waals surface area contributed by atoms with E-state index in [4.69, 9.17) is 0 Å². The summed E-state index contributed by atoms with van der Waals surface area (Å²) in [6.45, 7) is 3.10. The molecule has 0 aliphatic carbocycles. The second kappa shape index (κ2) is 5.73. The van der Waals surface area contributed by atoms with Crippen molar-refractivity contribution in [3.63, 3.8) is 0 Å². The Bertz CT molecular complexity index is 470. The van der Waals surface area contributed by atoms with Crippen molar-refractivity contribution >= 4 is 17.7 Å². The number of anilines is 1. The quantitative estimate of drug-likeness (QED) is 0.902. The van der Waals surface area contributed by atoms with Gasteiger partial charge in [-0.3, -0.25) is 4.79 Å². The summed E-state index contributed by atoms with van der Waals surface area (Å²) in [5.74, 6) is 0.230. The van der Waals surface area contributed by atoms with Crippen LogP contribution in [0.15, 0.2) is 24.3 Å². The number of carbonyl (C=O) groups excluding carboxylic acids is 2. The largest absolute Gasteiger partial charge is 0.453 e. The van der Waals surface area contributed by atoms with E-state index in [-0.39, 0.29) is 11.8 Å². The molecule has 1 N–H and O–H groups in total. The van der Waals surface area contributed by atoms with Gasteiger partial charge in [0.15, 0.2) is 0 Å². The first kappa shape index (κ1) is 13.4. The molecule has 0 bridgehead atoms. The molecular formula is C14H18N2O3. The SMILES string of the molecule is COC(=O)NC[C@H]1CC(=O)N(c2ccc(C)cc2)C1. The van der Waals surface area contributed by atoms with Crippen molar-refractivity contribution in [2.45, 2.75) is 13.3 Å². The number of aryl methyl sites for hydroxylation is 1. The number of hydrogen-bond donors (Lipinski definition) is 1. The molecule has 5 heteroatoms. The fourth-order valence-corrected chi connectivity index (χ4v) is 2.19. The van der Waals surface area contributed by atoms with Crippen molar-refractivity contribution in [2.24, 2.45) is 5.92 Å². The molecular weight excluding hydrogens is 244 g/mol. The molecule has 0 spiro atoms. The van der Waals surface area contributed by atoms with Crippen molar-refractivity contribution in [1.29, 1.82) is 0 Å². The highest BCUT2D eigenvalue weighted by atomic mass is 16.5. The Labute approximate surface area is 112 Å². The topological polar surface area (TPSA) is 58.6 Å². The lowest BCUT2D eigenvalue weighted by atomic mass is 10.1. The number of benzene rings is 1. The highest BCUT2D eigenvalue weighted by molar-refractivity contribution is 5.95. The normalized spacial score (nSPS) is 18.5. The van der Waals surface area contributed by atoms with E-state index in [1.807, 2.05) is 31.2 Å². The van der Waals surface area contributed by atoms with E-state index >= 15 is 0 Å². The minimum atomic E-state index is -0.457. The number of methoxy groups -OCH3 is 1. The van der Waals surface area contributed by atoms with Gasteiger partial charge in [-0.25, -0.2) is 4.79 Å². The molecule has 1 aromatic rings. The van der Waals surface area contributed by atoms with Gasteiger partial charge in [-0.2, -0.15) is 0 Å². The molecule has 1 fully saturated rings. The Morgan fingerprint density at radius 2 is 2.11 bits per heavy atom. The first-order valence-corrected chi connectivity index (χ1v) is 6.29. The Hall–Kier alpha value is -2.04. The molecule has 1 aliphatic rings. The van der Waals surface area contributed by atoms with Crippen LogP contribution in [-0.4, -0.2) is 32.2 Å². The Morgan fingerprint density at radius 1 is 1.42 bits per heavy atom. The lowest BCUT2D eigenvalue weighted by Gasteiger charge is -2.17. The van der Waals surface area contributed by atoms with Crippen LogP contribution >= 0.6 is 0 Å². The Kier molecular flexibility index (Phi) is 4.04. The minimum absolute atomic E-state index is 0.0977. The summed E-state index contributed by atoms with van der Waals surface area (Å²) in [6, 6.07) is 7.87. The highest BCUT2D eigenvalue weighted by Gasteiger charge is 2.30. The Morgan fingerprint density at radius 3 is 2.74 bits per heavy atom. The first-order valence-electron chi connectivity index (χ1n) is 6.29. The third-order valence-electron chi connectivity index (χ3n) is 3.27. The van der Waals surface area contributed by atoms with Crippen molar-refractivity contribution in [2.75, 3.05) is 25.1 Å². The maximum Gasteiger partial charge on any atom is 0.406 e. The summed E-state index contributed by atoms with van der Waals surface area (Å²) in [4.78, 5) is 24.7. The van der Waals surface area contributed by atoms with Crippen LogP contribution in [-0.2, 0) is 9.53 Å². The number of amides is 2. The van der Waals surface area contributed by atoms with Crippen molar-refractivity contribution < 1.29 is 14.3 Å². The molecule has 19 heavy (non-hydrogen) atoms.